The molecule has 0 radical (unpaired) electrons. The molecule has 17 heavy (non-hydrogen) atoms. The zero-order valence-electron chi connectivity index (χ0n) is 10.1. The topological polar surface area (TPSA) is 55.1 Å². The van der Waals surface area contributed by atoms with E-state index in [2.05, 4.69) is 5.32 Å². The van der Waals surface area contributed by atoms with Crippen LogP contribution in [0.15, 0.2) is 12.1 Å². The monoisotopic (exact) mass is 258 g/mol. The van der Waals surface area contributed by atoms with E-state index in [9.17, 15) is 9.18 Å². The average molecular weight is 259 g/mol. The lowest BCUT2D eigenvalue weighted by Gasteiger charge is -2.18. The molecule has 1 amide bonds. The molecule has 0 aliphatic carbocycles. The number of aryl methyl sites for hydroxylation is 1. The van der Waals surface area contributed by atoms with Gasteiger partial charge in [-0.25, -0.2) is 4.39 Å². The molecule has 0 aliphatic heterocycles. The van der Waals surface area contributed by atoms with Crippen molar-refractivity contribution in [2.75, 3.05) is 0 Å². The van der Waals surface area contributed by atoms with Gasteiger partial charge in [0, 0.05) is 11.6 Å². The molecule has 0 saturated heterocycles. The van der Waals surface area contributed by atoms with Crippen molar-refractivity contribution in [2.24, 2.45) is 5.73 Å². The predicted octanol–water partition coefficient (Wildman–Crippen LogP) is 2.14. The molecule has 0 atom stereocenters. The molecule has 0 fully saturated rings. The molecule has 5 heteroatoms. The number of hydrogen-bond acceptors (Lipinski definition) is 2. The fraction of sp³-hybridized carbons (Fsp3) is 0.417. The van der Waals surface area contributed by atoms with Gasteiger partial charge in [0.15, 0.2) is 0 Å². The minimum atomic E-state index is -0.963. The van der Waals surface area contributed by atoms with Gasteiger partial charge in [0.25, 0.3) is 0 Å². The highest BCUT2D eigenvalue weighted by molar-refractivity contribution is 6.31. The van der Waals surface area contributed by atoms with Gasteiger partial charge in [-0.15, -0.1) is 0 Å². The Hall–Kier alpha value is -1.13. The number of nitrogens with two attached hydrogens (primary N) is 1. The number of benzene rings is 1. The SMILES string of the molecule is Cc1cc(Cl)c(CNC(=O)C(C)(C)N)cc1F. The van der Waals surface area contributed by atoms with Crippen molar-refractivity contribution >= 4 is 17.5 Å². The van der Waals surface area contributed by atoms with Gasteiger partial charge in [-0.05, 0) is 44.0 Å². The fourth-order valence-corrected chi connectivity index (χ4v) is 1.51. The van der Waals surface area contributed by atoms with E-state index in [1.165, 1.54) is 12.1 Å². The molecule has 0 bridgehead atoms. The summed E-state index contributed by atoms with van der Waals surface area (Å²) in [5.41, 5.74) is 5.66. The van der Waals surface area contributed by atoms with E-state index in [1.807, 2.05) is 0 Å². The number of rotatable bonds is 3. The molecule has 1 rings (SSSR count). The van der Waals surface area contributed by atoms with Gasteiger partial charge in [-0.3, -0.25) is 4.79 Å². The molecular formula is C12H16ClFN2O. The minimum absolute atomic E-state index is 0.162. The Labute approximate surface area is 105 Å². The highest BCUT2D eigenvalue weighted by atomic mass is 35.5. The highest BCUT2D eigenvalue weighted by Gasteiger charge is 2.21. The summed E-state index contributed by atoms with van der Waals surface area (Å²) in [5, 5.41) is 3.04. The van der Waals surface area contributed by atoms with E-state index in [4.69, 9.17) is 17.3 Å². The van der Waals surface area contributed by atoms with E-state index >= 15 is 0 Å². The van der Waals surface area contributed by atoms with E-state index in [0.29, 0.717) is 16.1 Å². The maximum atomic E-state index is 13.3. The van der Waals surface area contributed by atoms with Crippen LogP contribution in [0.25, 0.3) is 0 Å². The zero-order chi connectivity index (χ0) is 13.2. The maximum absolute atomic E-state index is 13.3. The van der Waals surface area contributed by atoms with Crippen molar-refractivity contribution in [1.82, 2.24) is 5.32 Å². The summed E-state index contributed by atoms with van der Waals surface area (Å²) < 4.78 is 13.3. The lowest BCUT2D eigenvalue weighted by molar-refractivity contribution is -0.125. The summed E-state index contributed by atoms with van der Waals surface area (Å²) in [6.07, 6.45) is 0. The Morgan fingerprint density at radius 1 is 1.53 bits per heavy atom. The average Bonchev–Trinajstić information content (AvgIpc) is 2.19. The van der Waals surface area contributed by atoms with Crippen molar-refractivity contribution in [3.05, 3.63) is 34.1 Å². The standard InChI is InChI=1S/C12H16ClFN2O/c1-7-4-9(13)8(5-10(7)14)6-16-11(17)12(2,3)15/h4-5H,6,15H2,1-3H3,(H,16,17). The highest BCUT2D eigenvalue weighted by Crippen LogP contribution is 2.20. The first kappa shape index (κ1) is 13.9. The van der Waals surface area contributed by atoms with Crippen LogP contribution in [0.2, 0.25) is 5.02 Å². The first-order valence-corrected chi connectivity index (χ1v) is 5.61. The van der Waals surface area contributed by atoms with Crippen LogP contribution < -0.4 is 11.1 Å². The molecule has 3 nitrogen and oxygen atoms in total. The summed E-state index contributed by atoms with van der Waals surface area (Å²) in [7, 11) is 0. The molecule has 0 heterocycles. The van der Waals surface area contributed by atoms with Crippen molar-refractivity contribution in [2.45, 2.75) is 32.9 Å². The molecule has 1 aromatic carbocycles. The Bertz CT molecular complexity index is 441. The van der Waals surface area contributed by atoms with E-state index in [1.54, 1.807) is 20.8 Å². The van der Waals surface area contributed by atoms with Gasteiger partial charge in [-0.1, -0.05) is 11.6 Å². The predicted molar refractivity (Wildman–Crippen MR) is 66.3 cm³/mol. The van der Waals surface area contributed by atoms with E-state index in [0.717, 1.165) is 0 Å². The molecular weight excluding hydrogens is 243 g/mol. The second-order valence-electron chi connectivity index (χ2n) is 4.60. The Morgan fingerprint density at radius 3 is 2.65 bits per heavy atom. The largest absolute Gasteiger partial charge is 0.350 e. The van der Waals surface area contributed by atoms with Gasteiger partial charge in [0.2, 0.25) is 5.91 Å². The smallest absolute Gasteiger partial charge is 0.239 e. The lowest BCUT2D eigenvalue weighted by Crippen LogP contribution is -2.48. The molecule has 1 aromatic rings. The maximum Gasteiger partial charge on any atom is 0.239 e. The molecule has 0 aliphatic rings. The summed E-state index contributed by atoms with van der Waals surface area (Å²) in [4.78, 5) is 11.5. The number of hydrogen-bond donors (Lipinski definition) is 2. The van der Waals surface area contributed by atoms with Crippen LogP contribution in [0.4, 0.5) is 4.39 Å². The summed E-state index contributed by atoms with van der Waals surface area (Å²) in [5.74, 6) is -0.653. The van der Waals surface area contributed by atoms with Gasteiger partial charge in [0.1, 0.15) is 5.82 Å². The van der Waals surface area contributed by atoms with Crippen LogP contribution in [0, 0.1) is 12.7 Å². The van der Waals surface area contributed by atoms with Gasteiger partial charge < -0.3 is 11.1 Å². The van der Waals surface area contributed by atoms with Crippen LogP contribution >= 0.6 is 11.6 Å². The molecule has 0 aromatic heterocycles. The third-order valence-corrected chi connectivity index (χ3v) is 2.70. The van der Waals surface area contributed by atoms with Crippen molar-refractivity contribution in [3.8, 4) is 0 Å². The van der Waals surface area contributed by atoms with Crippen LogP contribution in [-0.2, 0) is 11.3 Å². The number of nitrogens with one attached hydrogen (secondary N) is 1. The van der Waals surface area contributed by atoms with Crippen molar-refractivity contribution in [3.63, 3.8) is 0 Å². The molecule has 3 N–H and O–H groups in total. The Balaban J connectivity index is 2.77. The quantitative estimate of drug-likeness (QED) is 0.873. The normalized spacial score (nSPS) is 11.4. The summed E-state index contributed by atoms with van der Waals surface area (Å²) in [6, 6.07) is 2.85. The third kappa shape index (κ3) is 3.68. The summed E-state index contributed by atoms with van der Waals surface area (Å²) in [6.45, 7) is 4.99. The third-order valence-electron chi connectivity index (χ3n) is 2.35. The van der Waals surface area contributed by atoms with Gasteiger partial charge in [0.05, 0.1) is 5.54 Å². The number of halogens is 2. The van der Waals surface area contributed by atoms with Crippen LogP contribution in [0.3, 0.4) is 0 Å². The lowest BCUT2D eigenvalue weighted by atomic mass is 10.1. The second kappa shape index (κ2) is 5.02. The zero-order valence-corrected chi connectivity index (χ0v) is 10.9. The molecule has 0 spiro atoms. The van der Waals surface area contributed by atoms with E-state index < -0.39 is 5.54 Å². The molecule has 0 saturated carbocycles. The van der Waals surface area contributed by atoms with E-state index in [-0.39, 0.29) is 18.3 Å². The summed E-state index contributed by atoms with van der Waals surface area (Å²) >= 11 is 5.95. The van der Waals surface area contributed by atoms with Crippen LogP contribution in [-0.4, -0.2) is 11.4 Å². The van der Waals surface area contributed by atoms with Crippen LogP contribution in [0.5, 0.6) is 0 Å². The van der Waals surface area contributed by atoms with Gasteiger partial charge >= 0.3 is 0 Å². The minimum Gasteiger partial charge on any atom is -0.350 e. The first-order chi connectivity index (χ1) is 7.71. The Kier molecular flexibility index (Phi) is 4.11. The molecule has 94 valence electrons. The number of carbonyl (C=O) groups is 1. The van der Waals surface area contributed by atoms with Crippen molar-refractivity contribution in [1.29, 1.82) is 0 Å². The van der Waals surface area contributed by atoms with Crippen LogP contribution in [0.1, 0.15) is 25.0 Å². The fourth-order valence-electron chi connectivity index (χ4n) is 1.23. The Morgan fingerprint density at radius 2 is 2.12 bits per heavy atom. The second-order valence-corrected chi connectivity index (χ2v) is 5.00. The number of carbonyl (C=O) groups excluding carboxylic acids is 1. The molecule has 0 unspecified atom stereocenters. The van der Waals surface area contributed by atoms with Gasteiger partial charge in [-0.2, -0.15) is 0 Å². The van der Waals surface area contributed by atoms with Crippen molar-refractivity contribution < 1.29 is 9.18 Å². The first-order valence-electron chi connectivity index (χ1n) is 5.23. The number of amides is 1.